The van der Waals surface area contributed by atoms with Gasteiger partial charge in [0.25, 0.3) is 0 Å². The topological polar surface area (TPSA) is 119 Å². The maximum atomic E-state index is 14.7. The number of nitrogens with two attached hydrogens (primary N) is 1. The molecule has 0 aliphatic heterocycles. The van der Waals surface area contributed by atoms with Crippen LogP contribution < -0.4 is 15.8 Å². The van der Waals surface area contributed by atoms with E-state index in [9.17, 15) is 14.0 Å². The fraction of sp³-hybridized carbons (Fsp3) is 0.375. The molecule has 33 heavy (non-hydrogen) atoms. The highest BCUT2D eigenvalue weighted by Crippen LogP contribution is 2.49. The number of pyridine rings is 1. The summed E-state index contributed by atoms with van der Waals surface area (Å²) in [5.74, 6) is -0.757. The van der Waals surface area contributed by atoms with E-state index in [1.165, 1.54) is 12.1 Å². The number of primary amides is 1. The monoisotopic (exact) mass is 454 g/mol. The van der Waals surface area contributed by atoms with Gasteiger partial charge in [-0.25, -0.2) is 14.2 Å². The number of amides is 2. The Morgan fingerprint density at radius 1 is 1.24 bits per heavy atom. The van der Waals surface area contributed by atoms with Crippen LogP contribution in [-0.4, -0.2) is 27.6 Å². The second-order valence-electron chi connectivity index (χ2n) is 9.39. The molecule has 9 heteroatoms. The summed E-state index contributed by atoms with van der Waals surface area (Å²) in [6.07, 6.45) is 3.86. The number of aromatic amines is 1. The fourth-order valence-corrected chi connectivity index (χ4v) is 4.40. The normalized spacial score (nSPS) is 20.5. The van der Waals surface area contributed by atoms with E-state index in [0.717, 1.165) is 5.39 Å². The lowest BCUT2D eigenvalue weighted by molar-refractivity contribution is -0.121. The summed E-state index contributed by atoms with van der Waals surface area (Å²) in [5, 5.41) is 3.50. The van der Waals surface area contributed by atoms with Crippen LogP contribution in [0.4, 0.5) is 14.9 Å². The number of ether oxygens (including phenoxy) is 2. The van der Waals surface area contributed by atoms with Gasteiger partial charge >= 0.3 is 6.09 Å². The van der Waals surface area contributed by atoms with Crippen LogP contribution in [0.5, 0.6) is 11.5 Å². The Morgan fingerprint density at radius 3 is 2.73 bits per heavy atom. The number of carbonyl (C=O) groups is 2. The molecule has 0 radical (unpaired) electrons. The summed E-state index contributed by atoms with van der Waals surface area (Å²) >= 11 is 0. The van der Waals surface area contributed by atoms with Crippen LogP contribution in [0.15, 0.2) is 42.7 Å². The highest BCUT2D eigenvalue weighted by atomic mass is 19.1. The SMILES string of the molecule is CC(C)(C)C1(OC(N)=O)CCC(C(=O)Nc2ccc(Oc3ccnc4[nH]ccc34)c(F)c2)C1. The number of anilines is 1. The second kappa shape index (κ2) is 8.38. The molecule has 4 rings (SSSR count). The molecule has 0 bridgehead atoms. The van der Waals surface area contributed by atoms with Crippen LogP contribution in [0.2, 0.25) is 0 Å². The Balaban J connectivity index is 1.45. The smallest absolute Gasteiger partial charge is 0.405 e. The third kappa shape index (κ3) is 4.48. The summed E-state index contributed by atoms with van der Waals surface area (Å²) in [4.78, 5) is 31.5. The first-order valence-corrected chi connectivity index (χ1v) is 10.8. The van der Waals surface area contributed by atoms with E-state index in [1.807, 2.05) is 20.8 Å². The van der Waals surface area contributed by atoms with Crippen molar-refractivity contribution < 1.29 is 23.5 Å². The number of fused-ring (bicyclic) bond motifs is 1. The number of H-pyrrole nitrogens is 1. The molecule has 4 N–H and O–H groups in total. The number of rotatable bonds is 5. The predicted molar refractivity (Wildman–Crippen MR) is 121 cm³/mol. The van der Waals surface area contributed by atoms with Gasteiger partial charge in [0.2, 0.25) is 5.91 Å². The molecule has 0 saturated heterocycles. The molecule has 3 aromatic rings. The first-order valence-electron chi connectivity index (χ1n) is 10.8. The minimum absolute atomic E-state index is 0.0316. The van der Waals surface area contributed by atoms with Crippen molar-refractivity contribution in [3.05, 3.63) is 48.5 Å². The van der Waals surface area contributed by atoms with Crippen LogP contribution in [0.3, 0.4) is 0 Å². The van der Waals surface area contributed by atoms with Gasteiger partial charge in [-0.15, -0.1) is 0 Å². The van der Waals surface area contributed by atoms with Crippen LogP contribution in [0.1, 0.15) is 40.0 Å². The van der Waals surface area contributed by atoms with Crippen LogP contribution in [-0.2, 0) is 9.53 Å². The largest absolute Gasteiger partial charge is 0.453 e. The predicted octanol–water partition coefficient (Wildman–Crippen LogP) is 5.11. The number of nitrogens with zero attached hydrogens (tertiary/aromatic N) is 1. The lowest BCUT2D eigenvalue weighted by Gasteiger charge is -2.40. The molecule has 2 atom stereocenters. The fourth-order valence-electron chi connectivity index (χ4n) is 4.40. The zero-order valence-electron chi connectivity index (χ0n) is 18.8. The van der Waals surface area contributed by atoms with E-state index in [2.05, 4.69) is 15.3 Å². The molecule has 2 amide bonds. The summed E-state index contributed by atoms with van der Waals surface area (Å²) in [5.41, 5.74) is 5.03. The maximum absolute atomic E-state index is 14.7. The number of hydrogen-bond donors (Lipinski definition) is 3. The van der Waals surface area contributed by atoms with Crippen molar-refractivity contribution in [1.82, 2.24) is 9.97 Å². The van der Waals surface area contributed by atoms with Gasteiger partial charge in [0, 0.05) is 35.5 Å². The van der Waals surface area contributed by atoms with E-state index >= 15 is 0 Å². The minimum Gasteiger partial charge on any atom is -0.453 e. The average molecular weight is 455 g/mol. The van der Waals surface area contributed by atoms with Crippen LogP contribution in [0.25, 0.3) is 11.0 Å². The Hall–Kier alpha value is -3.62. The van der Waals surface area contributed by atoms with Crippen molar-refractivity contribution in [3.8, 4) is 11.5 Å². The molecule has 2 unspecified atom stereocenters. The first kappa shape index (κ1) is 22.6. The van der Waals surface area contributed by atoms with Crippen molar-refractivity contribution in [1.29, 1.82) is 0 Å². The zero-order valence-corrected chi connectivity index (χ0v) is 18.8. The summed E-state index contributed by atoms with van der Waals surface area (Å²) in [6, 6.07) is 7.72. The van der Waals surface area contributed by atoms with Gasteiger partial charge in [-0.2, -0.15) is 0 Å². The second-order valence-corrected chi connectivity index (χ2v) is 9.39. The van der Waals surface area contributed by atoms with Gasteiger partial charge in [-0.1, -0.05) is 20.8 Å². The van der Waals surface area contributed by atoms with Gasteiger partial charge in [-0.3, -0.25) is 4.79 Å². The third-order valence-electron chi connectivity index (χ3n) is 6.35. The number of carbonyl (C=O) groups excluding carboxylic acids is 2. The minimum atomic E-state index is -0.852. The quantitative estimate of drug-likeness (QED) is 0.495. The van der Waals surface area contributed by atoms with Crippen LogP contribution >= 0.6 is 0 Å². The first-order chi connectivity index (χ1) is 15.6. The number of hydrogen-bond acceptors (Lipinski definition) is 5. The van der Waals surface area contributed by atoms with Gasteiger partial charge in [0.05, 0.1) is 5.39 Å². The lowest BCUT2D eigenvalue weighted by atomic mass is 9.74. The van der Waals surface area contributed by atoms with Gasteiger partial charge in [0.1, 0.15) is 17.0 Å². The van der Waals surface area contributed by atoms with E-state index in [4.69, 9.17) is 15.2 Å². The van der Waals surface area contributed by atoms with Gasteiger partial charge in [0.15, 0.2) is 11.6 Å². The van der Waals surface area contributed by atoms with E-state index in [-0.39, 0.29) is 23.0 Å². The summed E-state index contributed by atoms with van der Waals surface area (Å²) in [7, 11) is 0. The maximum Gasteiger partial charge on any atom is 0.405 e. The molecule has 1 aliphatic rings. The standard InChI is InChI=1S/C24H27FN4O4/c1-23(2,3)24(33-22(26)31)9-6-14(13-24)21(30)29-15-4-5-19(17(25)12-15)32-18-8-11-28-20-16(18)7-10-27-20/h4-5,7-8,10-12,14H,6,9,13H2,1-3H3,(H2,26,31)(H,27,28)(H,29,30). The van der Waals surface area contributed by atoms with E-state index < -0.39 is 17.5 Å². The highest BCUT2D eigenvalue weighted by molar-refractivity contribution is 5.93. The number of aromatic nitrogens is 2. The number of nitrogens with one attached hydrogen (secondary N) is 2. The lowest BCUT2D eigenvalue weighted by Crippen LogP contribution is -2.46. The number of benzene rings is 1. The van der Waals surface area contributed by atoms with E-state index in [1.54, 1.807) is 30.6 Å². The van der Waals surface area contributed by atoms with Crippen molar-refractivity contribution in [2.45, 2.75) is 45.6 Å². The molecule has 0 spiro atoms. The Bertz CT molecular complexity index is 1200. The molecule has 2 heterocycles. The summed E-state index contributed by atoms with van der Waals surface area (Å²) < 4.78 is 26.0. The molecular weight excluding hydrogens is 427 g/mol. The molecule has 174 valence electrons. The van der Waals surface area contributed by atoms with Crippen molar-refractivity contribution in [2.24, 2.45) is 17.1 Å². The molecule has 1 aromatic carbocycles. The third-order valence-corrected chi connectivity index (χ3v) is 6.35. The molecule has 1 saturated carbocycles. The van der Waals surface area contributed by atoms with Gasteiger partial charge in [-0.05, 0) is 43.5 Å². The van der Waals surface area contributed by atoms with Crippen LogP contribution in [0, 0.1) is 17.2 Å². The molecule has 1 fully saturated rings. The zero-order chi connectivity index (χ0) is 23.8. The molecule has 1 aliphatic carbocycles. The Labute approximate surface area is 190 Å². The molecule has 2 aromatic heterocycles. The average Bonchev–Trinajstić information content (AvgIpc) is 3.37. The van der Waals surface area contributed by atoms with Crippen molar-refractivity contribution in [2.75, 3.05) is 5.32 Å². The summed E-state index contributed by atoms with van der Waals surface area (Å²) in [6.45, 7) is 5.86. The molecule has 8 nitrogen and oxygen atoms in total. The Kier molecular flexibility index (Phi) is 5.73. The number of halogens is 1. The molecular formula is C24H27FN4O4. The Morgan fingerprint density at radius 2 is 2.03 bits per heavy atom. The van der Waals surface area contributed by atoms with Crippen molar-refractivity contribution >= 4 is 28.7 Å². The van der Waals surface area contributed by atoms with Gasteiger partial charge < -0.3 is 25.5 Å². The van der Waals surface area contributed by atoms with E-state index in [0.29, 0.717) is 36.3 Å². The highest BCUT2D eigenvalue weighted by Gasteiger charge is 2.52. The van der Waals surface area contributed by atoms with Crippen molar-refractivity contribution in [3.63, 3.8) is 0 Å².